The number of rotatable bonds is 2. The lowest BCUT2D eigenvalue weighted by Gasteiger charge is -2.36. The fourth-order valence-corrected chi connectivity index (χ4v) is 6.04. The second-order valence-corrected chi connectivity index (χ2v) is 10.4. The average molecular weight is 525 g/mol. The highest BCUT2D eigenvalue weighted by molar-refractivity contribution is 6.50. The van der Waals surface area contributed by atoms with Gasteiger partial charge in [0.25, 0.3) is 11.8 Å². The minimum absolute atomic E-state index is 0.0795. The molecule has 10 heteroatoms. The molecule has 4 amide bonds. The first-order valence-electron chi connectivity index (χ1n) is 13.2. The van der Waals surface area contributed by atoms with Crippen molar-refractivity contribution in [2.75, 3.05) is 46.3 Å². The number of furan rings is 1. The number of nitrogens with one attached hydrogen (secondary N) is 1. The molecule has 3 aliphatic heterocycles. The number of hydrogen-bond acceptors (Lipinski definition) is 6. The van der Waals surface area contributed by atoms with E-state index in [1.807, 2.05) is 28.1 Å². The largest absolute Gasteiger partial charge is 0.464 e. The van der Waals surface area contributed by atoms with Gasteiger partial charge in [-0.15, -0.1) is 0 Å². The molecule has 198 valence electrons. The Labute approximate surface area is 224 Å². The van der Waals surface area contributed by atoms with Crippen LogP contribution in [0.1, 0.15) is 16.7 Å². The minimum Gasteiger partial charge on any atom is -0.464 e. The van der Waals surface area contributed by atoms with Gasteiger partial charge < -0.3 is 23.7 Å². The van der Waals surface area contributed by atoms with Gasteiger partial charge in [0, 0.05) is 86.3 Å². The fourth-order valence-electron chi connectivity index (χ4n) is 6.04. The number of amides is 4. The highest BCUT2D eigenvalue weighted by Gasteiger charge is 2.36. The van der Waals surface area contributed by atoms with Gasteiger partial charge in [0.15, 0.2) is 0 Å². The van der Waals surface area contributed by atoms with Crippen molar-refractivity contribution in [1.29, 1.82) is 0 Å². The van der Waals surface area contributed by atoms with Crippen LogP contribution >= 0.6 is 0 Å². The summed E-state index contributed by atoms with van der Waals surface area (Å²) in [4.78, 5) is 50.1. The first-order chi connectivity index (χ1) is 19.0. The van der Waals surface area contributed by atoms with Crippen molar-refractivity contribution in [3.8, 4) is 0 Å². The topological polar surface area (TPSA) is 104 Å². The molecule has 0 atom stereocenters. The molecule has 7 rings (SSSR count). The Morgan fingerprint density at radius 2 is 1.64 bits per heavy atom. The lowest BCUT2D eigenvalue weighted by molar-refractivity contribution is -0.122. The van der Waals surface area contributed by atoms with E-state index in [0.717, 1.165) is 48.0 Å². The molecule has 1 aromatic carbocycles. The van der Waals surface area contributed by atoms with Crippen LogP contribution in [0.15, 0.2) is 53.5 Å². The first-order valence-corrected chi connectivity index (χ1v) is 13.2. The zero-order valence-electron chi connectivity index (χ0n) is 21.6. The molecule has 3 aliphatic rings. The van der Waals surface area contributed by atoms with Crippen LogP contribution in [-0.2, 0) is 22.6 Å². The standard InChI is InChI=1S/C29H28N6O4/c1-32-8-10-34(11-9-32)29(38)33-7-5-18-3-2-4-20-22(17-35(13-12-33)25(18)20)24-23(27(36)31-28(24)37)21-16-30-15-19-6-14-39-26(19)21/h2-4,6,14-17H,5,7-13H2,1H3,(H,31,36,37). The summed E-state index contributed by atoms with van der Waals surface area (Å²) in [6.07, 6.45) is 7.43. The zero-order valence-corrected chi connectivity index (χ0v) is 21.6. The van der Waals surface area contributed by atoms with E-state index in [1.54, 1.807) is 24.7 Å². The van der Waals surface area contributed by atoms with E-state index in [-0.39, 0.29) is 11.6 Å². The number of nitrogens with zero attached hydrogens (tertiary/aromatic N) is 5. The molecule has 39 heavy (non-hydrogen) atoms. The lowest BCUT2D eigenvalue weighted by atomic mass is 9.95. The number of fused-ring (bicyclic) bond motifs is 1. The van der Waals surface area contributed by atoms with Gasteiger partial charge in [0.1, 0.15) is 5.58 Å². The molecule has 10 nitrogen and oxygen atoms in total. The van der Waals surface area contributed by atoms with Gasteiger partial charge in [-0.2, -0.15) is 0 Å². The molecular weight excluding hydrogens is 496 g/mol. The van der Waals surface area contributed by atoms with Gasteiger partial charge in [0.2, 0.25) is 0 Å². The van der Waals surface area contributed by atoms with Crippen LogP contribution in [0.4, 0.5) is 4.79 Å². The minimum atomic E-state index is -0.467. The Hall–Kier alpha value is -4.44. The number of hydrogen-bond donors (Lipinski definition) is 1. The van der Waals surface area contributed by atoms with Gasteiger partial charge >= 0.3 is 6.03 Å². The van der Waals surface area contributed by atoms with E-state index in [9.17, 15) is 14.4 Å². The molecule has 0 bridgehead atoms. The fraction of sp³-hybridized carbons (Fsp3) is 0.310. The Kier molecular flexibility index (Phi) is 5.52. The summed E-state index contributed by atoms with van der Waals surface area (Å²) in [6, 6.07) is 7.91. The Bertz CT molecular complexity index is 1690. The number of benzene rings is 1. The molecule has 6 heterocycles. The summed E-state index contributed by atoms with van der Waals surface area (Å²) in [5.74, 6) is -0.907. The second kappa shape index (κ2) is 9.09. The number of para-hydroxylation sites is 1. The van der Waals surface area contributed by atoms with Crippen LogP contribution < -0.4 is 5.32 Å². The van der Waals surface area contributed by atoms with E-state index in [1.165, 1.54) is 0 Å². The monoisotopic (exact) mass is 524 g/mol. The summed E-state index contributed by atoms with van der Waals surface area (Å²) < 4.78 is 7.80. The van der Waals surface area contributed by atoms with E-state index >= 15 is 0 Å². The lowest BCUT2D eigenvalue weighted by Crippen LogP contribution is -2.52. The highest BCUT2D eigenvalue weighted by Crippen LogP contribution is 2.39. The van der Waals surface area contributed by atoms with Crippen molar-refractivity contribution in [1.82, 2.24) is 29.6 Å². The third-order valence-electron chi connectivity index (χ3n) is 8.12. The summed E-state index contributed by atoms with van der Waals surface area (Å²) in [7, 11) is 2.08. The Balaban J connectivity index is 1.30. The predicted molar refractivity (Wildman–Crippen MR) is 146 cm³/mol. The smallest absolute Gasteiger partial charge is 0.320 e. The third-order valence-corrected chi connectivity index (χ3v) is 8.12. The number of aromatic nitrogens is 2. The van der Waals surface area contributed by atoms with Gasteiger partial charge in [-0.1, -0.05) is 18.2 Å². The summed E-state index contributed by atoms with van der Waals surface area (Å²) in [6.45, 7) is 5.00. The predicted octanol–water partition coefficient (Wildman–Crippen LogP) is 2.58. The maximum absolute atomic E-state index is 13.4. The van der Waals surface area contributed by atoms with Crippen LogP contribution in [0.5, 0.6) is 0 Å². The second-order valence-electron chi connectivity index (χ2n) is 10.4. The van der Waals surface area contributed by atoms with E-state index in [4.69, 9.17) is 4.42 Å². The van der Waals surface area contributed by atoms with Crippen molar-refractivity contribution in [3.63, 3.8) is 0 Å². The van der Waals surface area contributed by atoms with Gasteiger partial charge in [-0.25, -0.2) is 4.79 Å². The van der Waals surface area contributed by atoms with Gasteiger partial charge in [-0.3, -0.25) is 19.9 Å². The van der Waals surface area contributed by atoms with Crippen molar-refractivity contribution in [2.24, 2.45) is 0 Å². The van der Waals surface area contributed by atoms with Crippen molar-refractivity contribution < 1.29 is 18.8 Å². The van der Waals surface area contributed by atoms with E-state index in [0.29, 0.717) is 48.3 Å². The van der Waals surface area contributed by atoms with Crippen LogP contribution in [0.2, 0.25) is 0 Å². The molecule has 1 N–H and O–H groups in total. The Morgan fingerprint density at radius 1 is 0.897 bits per heavy atom. The maximum atomic E-state index is 13.4. The Morgan fingerprint density at radius 3 is 2.46 bits per heavy atom. The number of imide groups is 1. The van der Waals surface area contributed by atoms with Crippen LogP contribution in [0.25, 0.3) is 33.0 Å². The third kappa shape index (κ3) is 3.82. The van der Waals surface area contributed by atoms with Gasteiger partial charge in [0.05, 0.1) is 22.9 Å². The number of carbonyl (C=O) groups is 3. The summed E-state index contributed by atoms with van der Waals surface area (Å²) in [5, 5.41) is 4.15. The van der Waals surface area contributed by atoms with E-state index in [2.05, 4.69) is 32.9 Å². The van der Waals surface area contributed by atoms with E-state index < -0.39 is 11.8 Å². The van der Waals surface area contributed by atoms with Crippen molar-refractivity contribution in [3.05, 3.63) is 65.8 Å². The maximum Gasteiger partial charge on any atom is 0.320 e. The van der Waals surface area contributed by atoms with Crippen LogP contribution in [-0.4, -0.2) is 88.4 Å². The first kappa shape index (κ1) is 23.7. The molecule has 1 saturated heterocycles. The molecular formula is C29H28N6O4. The quantitative estimate of drug-likeness (QED) is 0.405. The van der Waals surface area contributed by atoms with Crippen LogP contribution in [0.3, 0.4) is 0 Å². The van der Waals surface area contributed by atoms with Crippen molar-refractivity contribution in [2.45, 2.75) is 13.0 Å². The number of piperazine rings is 1. The van der Waals surface area contributed by atoms with Gasteiger partial charge in [-0.05, 0) is 25.1 Å². The van der Waals surface area contributed by atoms with Crippen LogP contribution in [0, 0.1) is 0 Å². The normalized spacial score (nSPS) is 18.7. The van der Waals surface area contributed by atoms with Crippen molar-refractivity contribution >= 4 is 50.9 Å². The average Bonchev–Trinajstić information content (AvgIpc) is 3.62. The SMILES string of the molecule is CN1CCN(C(=O)N2CCc3cccc4c(C5=C(c6cncc7ccoc67)C(=O)NC5=O)cn(c34)CC2)CC1. The molecule has 0 aliphatic carbocycles. The molecule has 0 radical (unpaired) electrons. The number of likely N-dealkylation sites (N-methyl/N-ethyl adjacent to an activating group) is 1. The number of carbonyl (C=O) groups excluding carboxylic acids is 3. The zero-order chi connectivity index (χ0) is 26.7. The molecule has 0 spiro atoms. The molecule has 0 unspecified atom stereocenters. The number of urea groups is 1. The number of pyridine rings is 1. The molecule has 1 fully saturated rings. The highest BCUT2D eigenvalue weighted by atomic mass is 16.3. The molecule has 3 aromatic heterocycles. The molecule has 4 aromatic rings. The molecule has 0 saturated carbocycles. The summed E-state index contributed by atoms with van der Waals surface area (Å²) >= 11 is 0. The summed E-state index contributed by atoms with van der Waals surface area (Å²) in [5.41, 5.74) is 4.41.